The second-order valence-electron chi connectivity index (χ2n) is 4.74. The summed E-state index contributed by atoms with van der Waals surface area (Å²) < 4.78 is 8.93. The van der Waals surface area contributed by atoms with E-state index in [0.29, 0.717) is 0 Å². The Morgan fingerprint density at radius 2 is 1.94 bits per heavy atom. The Morgan fingerprint density at radius 3 is 2.67 bits per heavy atom. The minimum atomic E-state index is 1.07. The summed E-state index contributed by atoms with van der Waals surface area (Å²) in [5, 5.41) is 1.14. The van der Waals surface area contributed by atoms with Gasteiger partial charge >= 0.3 is 0 Å². The smallest absolute Gasteiger partial charge is 0.176 e. The predicted molar refractivity (Wildman–Crippen MR) is 79.9 cm³/mol. The van der Waals surface area contributed by atoms with Crippen LogP contribution >= 0.6 is 23.5 Å². The van der Waals surface area contributed by atoms with Crippen molar-refractivity contribution in [3.63, 3.8) is 0 Å². The van der Waals surface area contributed by atoms with Gasteiger partial charge in [-0.15, -0.1) is 11.8 Å². The molecular formula is C12H22N4S2. The average molecular weight is 286 g/mol. The van der Waals surface area contributed by atoms with Gasteiger partial charge in [-0.2, -0.15) is 8.75 Å². The first-order chi connectivity index (χ1) is 8.81. The molecule has 18 heavy (non-hydrogen) atoms. The lowest BCUT2D eigenvalue weighted by molar-refractivity contribution is 0.311. The molecule has 0 amide bonds. The summed E-state index contributed by atoms with van der Waals surface area (Å²) in [7, 11) is 2.18. The highest BCUT2D eigenvalue weighted by Gasteiger charge is 2.20. The molecule has 0 radical (unpaired) electrons. The Balaban J connectivity index is 1.87. The van der Waals surface area contributed by atoms with E-state index in [1.807, 2.05) is 11.8 Å². The lowest BCUT2D eigenvalue weighted by atomic mass is 10.3. The van der Waals surface area contributed by atoms with Crippen molar-refractivity contribution in [2.24, 2.45) is 0 Å². The van der Waals surface area contributed by atoms with Gasteiger partial charge in [0.25, 0.3) is 0 Å². The third-order valence-corrected chi connectivity index (χ3v) is 4.91. The number of anilines is 1. The Bertz CT molecular complexity index is 348. The molecule has 1 saturated heterocycles. The zero-order chi connectivity index (χ0) is 12.8. The summed E-state index contributed by atoms with van der Waals surface area (Å²) in [6.07, 6.45) is 3.87. The molecule has 2 rings (SSSR count). The fourth-order valence-electron chi connectivity index (χ4n) is 2.00. The molecule has 1 aliphatic rings. The van der Waals surface area contributed by atoms with Crippen molar-refractivity contribution in [3.05, 3.63) is 0 Å². The molecule has 1 aromatic heterocycles. The van der Waals surface area contributed by atoms with Crippen molar-refractivity contribution in [1.82, 2.24) is 13.6 Å². The summed E-state index contributed by atoms with van der Waals surface area (Å²) in [6.45, 7) is 6.63. The third kappa shape index (κ3) is 3.83. The van der Waals surface area contributed by atoms with E-state index in [2.05, 4.69) is 32.5 Å². The molecule has 0 aliphatic carbocycles. The molecule has 102 valence electrons. The Hall–Kier alpha value is -0.330. The molecule has 0 bridgehead atoms. The molecule has 0 N–H and O–H groups in total. The van der Waals surface area contributed by atoms with Crippen LogP contribution in [0.25, 0.3) is 0 Å². The minimum Gasteiger partial charge on any atom is -0.351 e. The van der Waals surface area contributed by atoms with Gasteiger partial charge in [0.1, 0.15) is 0 Å². The quantitative estimate of drug-likeness (QED) is 0.593. The summed E-state index contributed by atoms with van der Waals surface area (Å²) in [6, 6.07) is 0. The molecule has 6 heteroatoms. The first-order valence-corrected chi connectivity index (χ1v) is 8.41. The monoisotopic (exact) mass is 286 g/mol. The number of aromatic nitrogens is 2. The van der Waals surface area contributed by atoms with Crippen LogP contribution in [0.15, 0.2) is 5.03 Å². The van der Waals surface area contributed by atoms with Gasteiger partial charge in [0.05, 0.1) is 11.7 Å². The Morgan fingerprint density at radius 1 is 1.17 bits per heavy atom. The van der Waals surface area contributed by atoms with E-state index in [0.717, 1.165) is 37.0 Å². The molecule has 1 fully saturated rings. The van der Waals surface area contributed by atoms with Crippen LogP contribution in [0.3, 0.4) is 0 Å². The standard InChI is InChI=1S/C12H22N4S2/c1-3-4-5-10-17-12-11(13-18-14-12)16-8-6-15(2)7-9-16/h3-10H2,1-2H3. The molecule has 0 spiro atoms. The van der Waals surface area contributed by atoms with Gasteiger partial charge in [0.2, 0.25) is 0 Å². The van der Waals surface area contributed by atoms with Crippen LogP contribution in [0.1, 0.15) is 26.2 Å². The number of piperazine rings is 1. The molecule has 0 saturated carbocycles. The lowest BCUT2D eigenvalue weighted by Gasteiger charge is -2.32. The van der Waals surface area contributed by atoms with Gasteiger partial charge < -0.3 is 9.80 Å². The van der Waals surface area contributed by atoms with Gasteiger partial charge in [0.15, 0.2) is 10.8 Å². The Labute approximate surface area is 118 Å². The van der Waals surface area contributed by atoms with Crippen molar-refractivity contribution in [1.29, 1.82) is 0 Å². The zero-order valence-electron chi connectivity index (χ0n) is 11.3. The second-order valence-corrected chi connectivity index (χ2v) is 6.35. The van der Waals surface area contributed by atoms with Crippen LogP contribution in [-0.2, 0) is 0 Å². The van der Waals surface area contributed by atoms with E-state index in [9.17, 15) is 0 Å². The van der Waals surface area contributed by atoms with E-state index in [1.165, 1.54) is 36.7 Å². The highest BCUT2D eigenvalue weighted by Crippen LogP contribution is 2.29. The normalized spacial score (nSPS) is 17.3. The van der Waals surface area contributed by atoms with E-state index < -0.39 is 0 Å². The summed E-state index contributed by atoms with van der Waals surface area (Å²) in [4.78, 5) is 4.75. The molecule has 1 aromatic rings. The van der Waals surface area contributed by atoms with Gasteiger partial charge in [0, 0.05) is 26.2 Å². The van der Waals surface area contributed by atoms with Gasteiger partial charge in [-0.25, -0.2) is 0 Å². The van der Waals surface area contributed by atoms with Crippen LogP contribution in [0, 0.1) is 0 Å². The number of hydrogen-bond donors (Lipinski definition) is 0. The van der Waals surface area contributed by atoms with Crippen LogP contribution < -0.4 is 4.90 Å². The highest BCUT2D eigenvalue weighted by atomic mass is 32.2. The molecule has 4 nitrogen and oxygen atoms in total. The molecule has 0 unspecified atom stereocenters. The predicted octanol–water partition coefficient (Wildman–Crippen LogP) is 2.57. The zero-order valence-corrected chi connectivity index (χ0v) is 12.9. The fourth-order valence-corrected chi connectivity index (χ4v) is 3.69. The topological polar surface area (TPSA) is 32.3 Å². The maximum absolute atomic E-state index is 4.48. The van der Waals surface area contributed by atoms with Gasteiger partial charge in [-0.1, -0.05) is 19.8 Å². The summed E-state index contributed by atoms with van der Waals surface area (Å²) in [5.74, 6) is 2.29. The maximum atomic E-state index is 4.48. The lowest BCUT2D eigenvalue weighted by Crippen LogP contribution is -2.44. The van der Waals surface area contributed by atoms with Crippen molar-refractivity contribution in [2.75, 3.05) is 43.9 Å². The third-order valence-electron chi connectivity index (χ3n) is 3.23. The number of thioether (sulfide) groups is 1. The highest BCUT2D eigenvalue weighted by molar-refractivity contribution is 7.99. The SMILES string of the molecule is CCCCCSc1nsnc1N1CCN(C)CC1. The van der Waals surface area contributed by atoms with E-state index in [1.54, 1.807) is 0 Å². The number of likely N-dealkylation sites (N-methyl/N-ethyl adjacent to an activating group) is 1. The first kappa shape index (κ1) is 14.1. The van der Waals surface area contributed by atoms with E-state index in [4.69, 9.17) is 0 Å². The first-order valence-electron chi connectivity index (χ1n) is 6.70. The Kier molecular flexibility index (Phi) is 5.72. The van der Waals surface area contributed by atoms with Crippen LogP contribution in [0.5, 0.6) is 0 Å². The maximum Gasteiger partial charge on any atom is 0.176 e. The molecule has 0 atom stereocenters. The second kappa shape index (κ2) is 7.31. The number of nitrogens with zero attached hydrogens (tertiary/aromatic N) is 4. The molecule has 1 aliphatic heterocycles. The minimum absolute atomic E-state index is 1.07. The molecule has 2 heterocycles. The summed E-state index contributed by atoms with van der Waals surface area (Å²) in [5.41, 5.74) is 0. The number of rotatable bonds is 6. The van der Waals surface area contributed by atoms with Crippen LogP contribution in [0.2, 0.25) is 0 Å². The van der Waals surface area contributed by atoms with Gasteiger partial charge in [-0.05, 0) is 19.2 Å². The largest absolute Gasteiger partial charge is 0.351 e. The molecule has 0 aromatic carbocycles. The number of unbranched alkanes of at least 4 members (excludes halogenated alkanes) is 2. The number of hydrogen-bond acceptors (Lipinski definition) is 6. The fraction of sp³-hybridized carbons (Fsp3) is 0.833. The van der Waals surface area contributed by atoms with Crippen molar-refractivity contribution < 1.29 is 0 Å². The average Bonchev–Trinajstić information content (AvgIpc) is 2.84. The van der Waals surface area contributed by atoms with Crippen molar-refractivity contribution in [2.45, 2.75) is 31.2 Å². The van der Waals surface area contributed by atoms with E-state index in [-0.39, 0.29) is 0 Å². The van der Waals surface area contributed by atoms with Crippen molar-refractivity contribution >= 4 is 29.3 Å². The summed E-state index contributed by atoms with van der Waals surface area (Å²) >= 11 is 3.22. The van der Waals surface area contributed by atoms with Crippen LogP contribution in [-0.4, -0.2) is 52.6 Å². The van der Waals surface area contributed by atoms with Gasteiger partial charge in [-0.3, -0.25) is 0 Å². The molecular weight excluding hydrogens is 264 g/mol. The van der Waals surface area contributed by atoms with E-state index >= 15 is 0 Å². The van der Waals surface area contributed by atoms with Crippen LogP contribution in [0.4, 0.5) is 5.82 Å². The van der Waals surface area contributed by atoms with Crippen molar-refractivity contribution in [3.8, 4) is 0 Å².